The molecule has 17 heavy (non-hydrogen) atoms. The lowest BCUT2D eigenvalue weighted by molar-refractivity contribution is -0.225. The first-order valence-electron chi connectivity index (χ1n) is 5.23. The first kappa shape index (κ1) is 12.0. The zero-order valence-electron chi connectivity index (χ0n) is 9.03. The van der Waals surface area contributed by atoms with Crippen molar-refractivity contribution < 1.29 is 23.4 Å². The summed E-state index contributed by atoms with van der Waals surface area (Å²) in [7, 11) is 0. The van der Waals surface area contributed by atoms with Gasteiger partial charge in [-0.2, -0.15) is 0 Å². The molecule has 1 aliphatic carbocycles. The molecule has 0 atom stereocenters. The van der Waals surface area contributed by atoms with Crippen LogP contribution < -0.4 is 0 Å². The molecule has 0 unspecified atom stereocenters. The third-order valence-corrected chi connectivity index (χ3v) is 2.69. The zero-order chi connectivity index (χ0) is 12.5. The van der Waals surface area contributed by atoms with Crippen LogP contribution in [0.4, 0.5) is 8.78 Å². The maximum Gasteiger partial charge on any atom is 0.338 e. The van der Waals surface area contributed by atoms with Gasteiger partial charge in [-0.15, -0.1) is 0 Å². The largest absolute Gasteiger partial charge is 0.459 e. The number of benzene rings is 1. The van der Waals surface area contributed by atoms with Gasteiger partial charge in [-0.25, -0.2) is 13.6 Å². The average molecular weight is 242 g/mol. The lowest BCUT2D eigenvalue weighted by Crippen LogP contribution is -2.57. The van der Waals surface area contributed by atoms with Gasteiger partial charge in [0.05, 0.1) is 12.8 Å². The highest BCUT2D eigenvalue weighted by atomic mass is 19.3. The highest BCUT2D eigenvalue weighted by Crippen LogP contribution is 2.46. The number of carbonyl (C=O) groups is 1. The number of esters is 1. The summed E-state index contributed by atoms with van der Waals surface area (Å²) < 4.78 is 30.0. The van der Waals surface area contributed by atoms with Crippen molar-refractivity contribution in [1.29, 1.82) is 0 Å². The molecule has 0 radical (unpaired) electrons. The molecule has 0 heterocycles. The van der Waals surface area contributed by atoms with E-state index in [-0.39, 0.29) is 6.61 Å². The molecule has 5 heteroatoms. The van der Waals surface area contributed by atoms with E-state index in [2.05, 4.69) is 0 Å². The quantitative estimate of drug-likeness (QED) is 0.823. The van der Waals surface area contributed by atoms with E-state index in [1.807, 2.05) is 6.07 Å². The van der Waals surface area contributed by atoms with Gasteiger partial charge in [-0.1, -0.05) is 30.3 Å². The average Bonchev–Trinajstić information content (AvgIpc) is 2.24. The van der Waals surface area contributed by atoms with E-state index in [0.29, 0.717) is 0 Å². The summed E-state index contributed by atoms with van der Waals surface area (Å²) in [6.45, 7) is -0.0203. The monoisotopic (exact) mass is 242 g/mol. The molecule has 0 bridgehead atoms. The molecule has 1 aromatic carbocycles. The van der Waals surface area contributed by atoms with E-state index in [1.165, 1.54) is 0 Å². The number of halogens is 2. The van der Waals surface area contributed by atoms with Crippen LogP contribution in [0.5, 0.6) is 0 Å². The zero-order valence-corrected chi connectivity index (χ0v) is 9.03. The van der Waals surface area contributed by atoms with Crippen molar-refractivity contribution in [3.63, 3.8) is 0 Å². The van der Waals surface area contributed by atoms with Gasteiger partial charge in [0.25, 0.3) is 5.92 Å². The summed E-state index contributed by atoms with van der Waals surface area (Å²) in [5.74, 6) is -3.94. The van der Waals surface area contributed by atoms with Crippen LogP contribution in [0, 0.1) is 0 Å². The predicted molar refractivity (Wildman–Crippen MR) is 55.4 cm³/mol. The number of aliphatic hydroxyl groups is 1. The topological polar surface area (TPSA) is 46.5 Å². The van der Waals surface area contributed by atoms with Crippen molar-refractivity contribution in [3.05, 3.63) is 35.9 Å². The molecule has 0 aromatic heterocycles. The standard InChI is InChI=1S/C12H12F2O3/c13-12(14)7-11(16,8-12)10(15)17-6-9-4-2-1-3-5-9/h1-5,16H,6-8H2. The fourth-order valence-electron chi connectivity index (χ4n) is 1.81. The fourth-order valence-corrected chi connectivity index (χ4v) is 1.81. The van der Waals surface area contributed by atoms with Crippen molar-refractivity contribution in [2.45, 2.75) is 31.0 Å². The van der Waals surface area contributed by atoms with Crippen molar-refractivity contribution in [2.75, 3.05) is 0 Å². The number of rotatable bonds is 3. The van der Waals surface area contributed by atoms with Crippen LogP contribution in [-0.2, 0) is 16.1 Å². The molecule has 0 amide bonds. The van der Waals surface area contributed by atoms with E-state index < -0.39 is 30.3 Å². The van der Waals surface area contributed by atoms with E-state index in [9.17, 15) is 18.7 Å². The van der Waals surface area contributed by atoms with E-state index >= 15 is 0 Å². The van der Waals surface area contributed by atoms with Crippen LogP contribution in [0.1, 0.15) is 18.4 Å². The van der Waals surface area contributed by atoms with Crippen molar-refractivity contribution in [1.82, 2.24) is 0 Å². The molecule has 1 saturated carbocycles. The number of alkyl halides is 2. The predicted octanol–water partition coefficient (Wildman–Crippen LogP) is 1.89. The van der Waals surface area contributed by atoms with Gasteiger partial charge in [0, 0.05) is 0 Å². The molecule has 1 aliphatic rings. The molecule has 0 spiro atoms. The van der Waals surface area contributed by atoms with Crippen LogP contribution in [0.25, 0.3) is 0 Å². The Kier molecular flexibility index (Phi) is 2.87. The van der Waals surface area contributed by atoms with Gasteiger partial charge >= 0.3 is 5.97 Å². The minimum Gasteiger partial charge on any atom is -0.459 e. The lowest BCUT2D eigenvalue weighted by atomic mass is 9.77. The van der Waals surface area contributed by atoms with Crippen molar-refractivity contribution in [3.8, 4) is 0 Å². The molecule has 1 aromatic rings. The Bertz CT molecular complexity index is 409. The molecule has 2 rings (SSSR count). The first-order chi connectivity index (χ1) is 7.91. The molecule has 1 N–H and O–H groups in total. The fraction of sp³-hybridized carbons (Fsp3) is 0.417. The summed E-state index contributed by atoms with van der Waals surface area (Å²) in [4.78, 5) is 11.4. The van der Waals surface area contributed by atoms with Gasteiger partial charge in [-0.3, -0.25) is 0 Å². The second kappa shape index (κ2) is 4.07. The van der Waals surface area contributed by atoms with Crippen LogP contribution in [0.15, 0.2) is 30.3 Å². The lowest BCUT2D eigenvalue weighted by Gasteiger charge is -2.40. The summed E-state index contributed by atoms with van der Waals surface area (Å²) in [5.41, 5.74) is -1.27. The number of hydrogen-bond acceptors (Lipinski definition) is 3. The third kappa shape index (κ3) is 2.61. The summed E-state index contributed by atoms with van der Waals surface area (Å²) in [5, 5.41) is 9.54. The second-order valence-corrected chi connectivity index (χ2v) is 4.30. The van der Waals surface area contributed by atoms with Gasteiger partial charge in [0.1, 0.15) is 6.61 Å². The summed E-state index contributed by atoms with van der Waals surface area (Å²) >= 11 is 0. The highest BCUT2D eigenvalue weighted by Gasteiger charge is 2.61. The highest BCUT2D eigenvalue weighted by molar-refractivity contribution is 5.81. The maximum atomic E-state index is 12.6. The van der Waals surface area contributed by atoms with E-state index in [1.54, 1.807) is 24.3 Å². The molecule has 0 saturated heterocycles. The molecular weight excluding hydrogens is 230 g/mol. The number of ether oxygens (including phenoxy) is 1. The SMILES string of the molecule is O=C(OCc1ccccc1)C1(O)CC(F)(F)C1. The second-order valence-electron chi connectivity index (χ2n) is 4.30. The van der Waals surface area contributed by atoms with Gasteiger partial charge < -0.3 is 9.84 Å². The minimum absolute atomic E-state index is 0.0203. The van der Waals surface area contributed by atoms with Crippen LogP contribution in [0.3, 0.4) is 0 Å². The normalized spacial score (nSPS) is 20.4. The Balaban J connectivity index is 1.87. The molecule has 3 nitrogen and oxygen atoms in total. The molecule has 92 valence electrons. The van der Waals surface area contributed by atoms with E-state index in [0.717, 1.165) is 5.56 Å². The van der Waals surface area contributed by atoms with Crippen molar-refractivity contribution >= 4 is 5.97 Å². The third-order valence-electron chi connectivity index (χ3n) is 2.69. The Morgan fingerprint density at radius 3 is 2.41 bits per heavy atom. The van der Waals surface area contributed by atoms with Gasteiger partial charge in [0.2, 0.25) is 0 Å². The number of carbonyl (C=O) groups excluding carboxylic acids is 1. The molecular formula is C12H12F2O3. The summed E-state index contributed by atoms with van der Waals surface area (Å²) in [6, 6.07) is 8.84. The maximum absolute atomic E-state index is 12.6. The van der Waals surface area contributed by atoms with Crippen molar-refractivity contribution in [2.24, 2.45) is 0 Å². The first-order valence-corrected chi connectivity index (χ1v) is 5.23. The van der Waals surface area contributed by atoms with Gasteiger partial charge in [0.15, 0.2) is 5.60 Å². The Labute approximate surface area is 97.0 Å². The molecule has 0 aliphatic heterocycles. The number of hydrogen-bond donors (Lipinski definition) is 1. The minimum atomic E-state index is -2.96. The molecule has 1 fully saturated rings. The Morgan fingerprint density at radius 1 is 1.29 bits per heavy atom. The van der Waals surface area contributed by atoms with Crippen LogP contribution >= 0.6 is 0 Å². The Morgan fingerprint density at radius 2 is 1.88 bits per heavy atom. The van der Waals surface area contributed by atoms with Crippen LogP contribution in [-0.4, -0.2) is 22.6 Å². The van der Waals surface area contributed by atoms with Gasteiger partial charge in [-0.05, 0) is 5.56 Å². The smallest absolute Gasteiger partial charge is 0.338 e. The Hall–Kier alpha value is -1.49. The van der Waals surface area contributed by atoms with Crippen LogP contribution in [0.2, 0.25) is 0 Å². The summed E-state index contributed by atoms with van der Waals surface area (Å²) in [6.07, 6.45) is -1.71. The van der Waals surface area contributed by atoms with E-state index in [4.69, 9.17) is 4.74 Å².